The van der Waals surface area contributed by atoms with E-state index >= 15 is 0 Å². The second-order valence-electron chi connectivity index (χ2n) is 9.07. The number of carbonyl (C=O) groups excluding carboxylic acids is 2. The van der Waals surface area contributed by atoms with Crippen molar-refractivity contribution in [2.75, 3.05) is 10.8 Å². The highest BCUT2D eigenvalue weighted by Gasteiger charge is 2.32. The molecule has 1 N–H and O–H groups in total. The van der Waals surface area contributed by atoms with Crippen LogP contribution in [0.4, 0.5) is 10.1 Å². The number of anilines is 1. The molecule has 0 aliphatic rings. The average Bonchev–Trinajstić information content (AvgIpc) is 2.92. The number of halogens is 3. The molecule has 3 aromatic carbocycles. The Kier molecular flexibility index (Phi) is 10.4. The van der Waals surface area contributed by atoms with Gasteiger partial charge in [0.15, 0.2) is 0 Å². The molecule has 3 aromatic rings. The standard InChI is InChI=1S/C28H30Cl2FN3O4S/c1-4-19(2)32-28(36)20(3)33(17-21-10-15-25(29)26(30)16-21)27(35)18-34(23-8-6-5-7-9-23)39(37,38)24-13-11-22(31)12-14-24/h5-16,19-20H,4,17-18H2,1-3H3,(H,32,36)/t19-,20+/m1/s1. The first-order chi connectivity index (χ1) is 18.4. The number of para-hydroxylation sites is 1. The van der Waals surface area contributed by atoms with Crippen molar-refractivity contribution in [3.05, 3.63) is 94.2 Å². The second-order valence-corrected chi connectivity index (χ2v) is 11.7. The molecular weight excluding hydrogens is 564 g/mol. The third kappa shape index (κ3) is 7.71. The summed E-state index contributed by atoms with van der Waals surface area (Å²) in [6.07, 6.45) is 0.691. The highest BCUT2D eigenvalue weighted by molar-refractivity contribution is 7.92. The quantitative estimate of drug-likeness (QED) is 0.311. The lowest BCUT2D eigenvalue weighted by molar-refractivity contribution is -0.139. The fourth-order valence-electron chi connectivity index (χ4n) is 3.74. The number of carbonyl (C=O) groups is 2. The van der Waals surface area contributed by atoms with Gasteiger partial charge in [0.1, 0.15) is 18.4 Å². The summed E-state index contributed by atoms with van der Waals surface area (Å²) in [5.41, 5.74) is 0.843. The molecule has 0 bridgehead atoms. The van der Waals surface area contributed by atoms with Crippen molar-refractivity contribution in [2.45, 2.75) is 50.7 Å². The molecule has 0 saturated heterocycles. The Morgan fingerprint density at radius 2 is 1.59 bits per heavy atom. The average molecular weight is 595 g/mol. The zero-order chi connectivity index (χ0) is 28.7. The van der Waals surface area contributed by atoms with E-state index < -0.39 is 34.3 Å². The van der Waals surface area contributed by atoms with Gasteiger partial charge in [0.05, 0.1) is 20.6 Å². The maximum Gasteiger partial charge on any atom is 0.264 e. The first-order valence-corrected chi connectivity index (χ1v) is 14.5. The molecule has 3 rings (SSSR count). The van der Waals surface area contributed by atoms with Gasteiger partial charge in [-0.25, -0.2) is 12.8 Å². The van der Waals surface area contributed by atoms with Gasteiger partial charge in [0, 0.05) is 12.6 Å². The maximum atomic E-state index is 13.8. The van der Waals surface area contributed by atoms with Crippen molar-refractivity contribution in [1.82, 2.24) is 10.2 Å². The summed E-state index contributed by atoms with van der Waals surface area (Å²) in [6, 6.07) is 16.2. The van der Waals surface area contributed by atoms with Crippen LogP contribution < -0.4 is 9.62 Å². The molecule has 39 heavy (non-hydrogen) atoms. The number of rotatable bonds is 11. The van der Waals surface area contributed by atoms with Crippen LogP contribution in [0.1, 0.15) is 32.8 Å². The summed E-state index contributed by atoms with van der Waals surface area (Å²) in [5, 5.41) is 3.49. The van der Waals surface area contributed by atoms with Crippen LogP contribution in [-0.4, -0.2) is 43.8 Å². The Bertz CT molecular complexity index is 1410. The number of hydrogen-bond acceptors (Lipinski definition) is 4. The Morgan fingerprint density at radius 3 is 2.18 bits per heavy atom. The normalized spacial score (nSPS) is 12.9. The predicted molar refractivity (Wildman–Crippen MR) is 152 cm³/mol. The van der Waals surface area contributed by atoms with Crippen LogP contribution >= 0.6 is 23.2 Å². The fraction of sp³-hybridized carbons (Fsp3) is 0.286. The summed E-state index contributed by atoms with van der Waals surface area (Å²) >= 11 is 12.2. The van der Waals surface area contributed by atoms with E-state index in [2.05, 4.69) is 5.32 Å². The number of hydrogen-bond donors (Lipinski definition) is 1. The molecular formula is C28H30Cl2FN3O4S. The van der Waals surface area contributed by atoms with Crippen LogP contribution in [0, 0.1) is 5.82 Å². The van der Waals surface area contributed by atoms with Gasteiger partial charge in [0.25, 0.3) is 10.0 Å². The molecule has 0 radical (unpaired) electrons. The summed E-state index contributed by atoms with van der Waals surface area (Å²) in [5.74, 6) is -1.60. The lowest BCUT2D eigenvalue weighted by Gasteiger charge is -2.32. The summed E-state index contributed by atoms with van der Waals surface area (Å²) < 4.78 is 41.8. The highest BCUT2D eigenvalue weighted by atomic mass is 35.5. The van der Waals surface area contributed by atoms with E-state index in [0.29, 0.717) is 17.0 Å². The third-order valence-corrected chi connectivity index (χ3v) is 8.76. The highest BCUT2D eigenvalue weighted by Crippen LogP contribution is 2.26. The molecule has 0 aromatic heterocycles. The van der Waals surface area contributed by atoms with Crippen molar-refractivity contribution in [1.29, 1.82) is 0 Å². The molecule has 0 unspecified atom stereocenters. The second kappa shape index (κ2) is 13.3. The van der Waals surface area contributed by atoms with Gasteiger partial charge in [-0.05, 0) is 74.4 Å². The Labute approximate surface area is 238 Å². The summed E-state index contributed by atoms with van der Waals surface area (Å²) in [4.78, 5) is 28.0. The fourth-order valence-corrected chi connectivity index (χ4v) is 5.47. The lowest BCUT2D eigenvalue weighted by Crippen LogP contribution is -2.52. The molecule has 208 valence electrons. The minimum atomic E-state index is -4.27. The molecule has 0 saturated carbocycles. The van der Waals surface area contributed by atoms with Crippen LogP contribution in [0.5, 0.6) is 0 Å². The van der Waals surface area contributed by atoms with Gasteiger partial charge in [-0.2, -0.15) is 0 Å². The smallest absolute Gasteiger partial charge is 0.264 e. The Balaban J connectivity index is 2.01. The van der Waals surface area contributed by atoms with Crippen molar-refractivity contribution in [2.24, 2.45) is 0 Å². The van der Waals surface area contributed by atoms with Crippen molar-refractivity contribution >= 4 is 50.7 Å². The van der Waals surface area contributed by atoms with Crippen LogP contribution in [0.15, 0.2) is 77.7 Å². The van der Waals surface area contributed by atoms with Gasteiger partial charge in [-0.3, -0.25) is 13.9 Å². The van der Waals surface area contributed by atoms with Crippen LogP contribution in [-0.2, 0) is 26.2 Å². The van der Waals surface area contributed by atoms with Gasteiger partial charge < -0.3 is 10.2 Å². The molecule has 0 heterocycles. The molecule has 2 atom stereocenters. The van der Waals surface area contributed by atoms with Crippen molar-refractivity contribution in [3.8, 4) is 0 Å². The van der Waals surface area contributed by atoms with E-state index in [9.17, 15) is 22.4 Å². The Hall–Kier alpha value is -3.14. The zero-order valence-electron chi connectivity index (χ0n) is 21.8. The van der Waals surface area contributed by atoms with E-state index in [1.54, 1.807) is 55.5 Å². The SMILES string of the molecule is CC[C@@H](C)NC(=O)[C@H](C)N(Cc1ccc(Cl)c(Cl)c1)C(=O)CN(c1ccccc1)S(=O)(=O)c1ccc(F)cc1. The summed E-state index contributed by atoms with van der Waals surface area (Å²) in [7, 11) is -4.27. The van der Waals surface area contributed by atoms with E-state index in [4.69, 9.17) is 23.2 Å². The van der Waals surface area contributed by atoms with Crippen molar-refractivity contribution < 1.29 is 22.4 Å². The van der Waals surface area contributed by atoms with Crippen LogP contribution in [0.2, 0.25) is 10.0 Å². The lowest BCUT2D eigenvalue weighted by atomic mass is 10.1. The van der Waals surface area contributed by atoms with Crippen molar-refractivity contribution in [3.63, 3.8) is 0 Å². The zero-order valence-corrected chi connectivity index (χ0v) is 24.1. The van der Waals surface area contributed by atoms with E-state index in [0.717, 1.165) is 28.6 Å². The van der Waals surface area contributed by atoms with Crippen LogP contribution in [0.3, 0.4) is 0 Å². The van der Waals surface area contributed by atoms with E-state index in [1.807, 2.05) is 13.8 Å². The first kappa shape index (κ1) is 30.4. The topological polar surface area (TPSA) is 86.8 Å². The van der Waals surface area contributed by atoms with Gasteiger partial charge >= 0.3 is 0 Å². The van der Waals surface area contributed by atoms with E-state index in [1.165, 1.54) is 4.90 Å². The molecule has 2 amide bonds. The van der Waals surface area contributed by atoms with Gasteiger partial charge in [0.2, 0.25) is 11.8 Å². The molecule has 0 aliphatic carbocycles. The Morgan fingerprint density at radius 1 is 0.949 bits per heavy atom. The molecule has 0 aliphatic heterocycles. The predicted octanol–water partition coefficient (Wildman–Crippen LogP) is 5.66. The number of amides is 2. The summed E-state index contributed by atoms with van der Waals surface area (Å²) in [6.45, 7) is 4.72. The third-order valence-electron chi connectivity index (χ3n) is 6.23. The van der Waals surface area contributed by atoms with Crippen LogP contribution in [0.25, 0.3) is 0 Å². The van der Waals surface area contributed by atoms with Gasteiger partial charge in [-0.1, -0.05) is 54.4 Å². The van der Waals surface area contributed by atoms with E-state index in [-0.39, 0.29) is 34.1 Å². The molecule has 0 spiro atoms. The number of nitrogens with zero attached hydrogens (tertiary/aromatic N) is 2. The first-order valence-electron chi connectivity index (χ1n) is 12.3. The van der Waals surface area contributed by atoms with Gasteiger partial charge in [-0.15, -0.1) is 0 Å². The number of sulfonamides is 1. The maximum absolute atomic E-state index is 13.8. The minimum Gasteiger partial charge on any atom is -0.352 e. The molecule has 7 nitrogen and oxygen atoms in total. The molecule has 0 fully saturated rings. The number of nitrogens with one attached hydrogen (secondary N) is 1. The molecule has 11 heteroatoms. The largest absolute Gasteiger partial charge is 0.352 e. The minimum absolute atomic E-state index is 0.0238. The number of benzene rings is 3. The monoisotopic (exact) mass is 593 g/mol.